The van der Waals surface area contributed by atoms with Crippen LogP contribution in [0.2, 0.25) is 0 Å². The molecule has 4 rings (SSSR count). The average molecular weight is 553 g/mol. The van der Waals surface area contributed by atoms with E-state index in [9.17, 15) is 31.1 Å². The summed E-state index contributed by atoms with van der Waals surface area (Å²) >= 11 is 1.19. The van der Waals surface area contributed by atoms with Crippen LogP contribution >= 0.6 is 11.3 Å². The summed E-state index contributed by atoms with van der Waals surface area (Å²) in [5.41, 5.74) is 5.19. The van der Waals surface area contributed by atoms with Crippen molar-refractivity contribution < 1.29 is 41.0 Å². The van der Waals surface area contributed by atoms with E-state index in [1.165, 1.54) is 16.7 Å². The molecule has 202 valence electrons. The van der Waals surface area contributed by atoms with Crippen LogP contribution in [0.4, 0.5) is 37.8 Å². The molecule has 0 unspecified atom stereocenters. The molecule has 2 atom stereocenters. The van der Waals surface area contributed by atoms with Gasteiger partial charge in [0.2, 0.25) is 0 Å². The fraction of sp³-hybridized carbons (Fsp3) is 0.450. The first kappa shape index (κ1) is 28.1. The average Bonchev–Trinajstić information content (AvgIpc) is 3.38. The standard InChI is InChI=1S/C18H20F3N7OS.C2HF3O2/c1-28-15(18(19,20)21)12(6-24-28)26-16(29)9-8-30-17-14(9)27-13(7-23-17)25-11-5-3-2-4-10(11)22;3-2(4,5)1(6)7/h6-8,10-11H,2-5,22H2,1H3,(H,25,27)(H,26,29);(H,6,7)/t10-,11+;/m0./s1. The third kappa shape index (κ3) is 6.85. The highest BCUT2D eigenvalue weighted by atomic mass is 32.1. The Hall–Kier alpha value is -3.47. The van der Waals surface area contributed by atoms with E-state index in [4.69, 9.17) is 15.6 Å². The molecule has 5 N–H and O–H groups in total. The number of aryl methyl sites for hydroxylation is 1. The molecule has 37 heavy (non-hydrogen) atoms. The Labute approximate surface area is 208 Å². The molecule has 0 aromatic carbocycles. The Bertz CT molecular complexity index is 1270. The Morgan fingerprint density at radius 1 is 1.16 bits per heavy atom. The smallest absolute Gasteiger partial charge is 0.475 e. The molecule has 3 aromatic rings. The number of carbonyl (C=O) groups is 2. The maximum Gasteiger partial charge on any atom is 0.490 e. The SMILES string of the molecule is Cn1ncc(NC(=O)c2csc3ncc(N[C@@H]4CCCC[C@@H]4N)nc23)c1C(F)(F)F.O=C(O)C(F)(F)F. The number of carbonyl (C=O) groups excluding carboxylic acids is 1. The minimum atomic E-state index is -5.08. The molecule has 1 saturated carbocycles. The summed E-state index contributed by atoms with van der Waals surface area (Å²) in [6.45, 7) is 0. The van der Waals surface area contributed by atoms with Crippen molar-refractivity contribution in [3.05, 3.63) is 29.0 Å². The predicted molar refractivity (Wildman–Crippen MR) is 121 cm³/mol. The fourth-order valence-corrected chi connectivity index (χ4v) is 4.45. The van der Waals surface area contributed by atoms with Crippen LogP contribution in [0.1, 0.15) is 41.7 Å². The van der Waals surface area contributed by atoms with Crippen molar-refractivity contribution in [3.8, 4) is 0 Å². The van der Waals surface area contributed by atoms with Crippen LogP contribution in [0.25, 0.3) is 10.3 Å². The molecule has 0 radical (unpaired) electrons. The van der Waals surface area contributed by atoms with E-state index in [0.29, 0.717) is 20.8 Å². The van der Waals surface area contributed by atoms with E-state index in [1.807, 2.05) is 0 Å². The molecule has 1 aliphatic carbocycles. The molecular formula is C20H21F6N7O3S. The molecule has 0 saturated heterocycles. The largest absolute Gasteiger partial charge is 0.490 e. The number of anilines is 2. The van der Waals surface area contributed by atoms with Gasteiger partial charge in [0.05, 0.1) is 23.6 Å². The zero-order valence-electron chi connectivity index (χ0n) is 19.0. The van der Waals surface area contributed by atoms with Gasteiger partial charge in [-0.2, -0.15) is 31.4 Å². The number of fused-ring (bicyclic) bond motifs is 1. The summed E-state index contributed by atoms with van der Waals surface area (Å²) in [6, 6.07) is 0.0685. The van der Waals surface area contributed by atoms with Gasteiger partial charge in [-0.1, -0.05) is 12.8 Å². The van der Waals surface area contributed by atoms with Gasteiger partial charge in [0.15, 0.2) is 5.69 Å². The lowest BCUT2D eigenvalue weighted by Gasteiger charge is -2.29. The van der Waals surface area contributed by atoms with Gasteiger partial charge in [0, 0.05) is 24.5 Å². The molecule has 17 heteroatoms. The number of halogens is 6. The molecule has 0 aliphatic heterocycles. The lowest BCUT2D eigenvalue weighted by molar-refractivity contribution is -0.192. The first-order valence-electron chi connectivity index (χ1n) is 10.7. The van der Waals surface area contributed by atoms with Crippen molar-refractivity contribution in [1.29, 1.82) is 0 Å². The summed E-state index contributed by atoms with van der Waals surface area (Å²) in [7, 11) is 1.16. The summed E-state index contributed by atoms with van der Waals surface area (Å²) in [6.07, 6.45) is -3.19. The van der Waals surface area contributed by atoms with Crippen LogP contribution in [0.15, 0.2) is 17.8 Å². The lowest BCUT2D eigenvalue weighted by atomic mass is 9.91. The Balaban J connectivity index is 0.000000479. The minimum absolute atomic E-state index is 0.00728. The van der Waals surface area contributed by atoms with Crippen molar-refractivity contribution in [1.82, 2.24) is 19.7 Å². The Kier molecular flexibility index (Phi) is 8.26. The molecule has 0 spiro atoms. The van der Waals surface area contributed by atoms with E-state index in [2.05, 4.69) is 25.7 Å². The minimum Gasteiger partial charge on any atom is -0.475 e. The third-order valence-corrected chi connectivity index (χ3v) is 6.25. The molecule has 0 bridgehead atoms. The predicted octanol–water partition coefficient (Wildman–Crippen LogP) is 4.01. The summed E-state index contributed by atoms with van der Waals surface area (Å²) in [5.74, 6) is -2.98. The van der Waals surface area contributed by atoms with Gasteiger partial charge >= 0.3 is 18.3 Å². The number of carboxylic acid groups (broad SMARTS) is 1. The van der Waals surface area contributed by atoms with Crippen molar-refractivity contribution in [2.45, 2.75) is 50.1 Å². The zero-order chi connectivity index (χ0) is 27.5. The van der Waals surface area contributed by atoms with Crippen LogP contribution in [0.3, 0.4) is 0 Å². The van der Waals surface area contributed by atoms with Gasteiger partial charge in [-0.05, 0) is 12.8 Å². The second kappa shape index (κ2) is 10.9. The highest BCUT2D eigenvalue weighted by Crippen LogP contribution is 2.35. The highest BCUT2D eigenvalue weighted by Gasteiger charge is 2.39. The number of hydrogen-bond acceptors (Lipinski definition) is 8. The van der Waals surface area contributed by atoms with E-state index in [-0.39, 0.29) is 17.6 Å². The van der Waals surface area contributed by atoms with Crippen LogP contribution in [-0.2, 0) is 18.0 Å². The Morgan fingerprint density at radius 2 is 1.81 bits per heavy atom. The summed E-state index contributed by atoms with van der Waals surface area (Å²) < 4.78 is 72.1. The maximum absolute atomic E-state index is 13.2. The third-order valence-electron chi connectivity index (χ3n) is 5.38. The number of hydrogen-bond donors (Lipinski definition) is 4. The number of aliphatic carboxylic acids is 1. The van der Waals surface area contributed by atoms with Gasteiger partial charge in [-0.3, -0.25) is 9.48 Å². The molecule has 3 aromatic heterocycles. The maximum atomic E-state index is 13.2. The topological polar surface area (TPSA) is 148 Å². The van der Waals surface area contributed by atoms with Crippen molar-refractivity contribution in [2.24, 2.45) is 12.8 Å². The molecule has 1 amide bonds. The molecule has 1 aliphatic rings. The van der Waals surface area contributed by atoms with Gasteiger partial charge in [0.1, 0.15) is 16.2 Å². The monoisotopic (exact) mass is 553 g/mol. The highest BCUT2D eigenvalue weighted by molar-refractivity contribution is 7.17. The Morgan fingerprint density at radius 3 is 2.41 bits per heavy atom. The molecular weight excluding hydrogens is 532 g/mol. The summed E-state index contributed by atoms with van der Waals surface area (Å²) in [5, 5.41) is 17.8. The first-order valence-corrected chi connectivity index (χ1v) is 11.5. The number of thiophene rings is 1. The van der Waals surface area contributed by atoms with Crippen molar-refractivity contribution in [2.75, 3.05) is 10.6 Å². The van der Waals surface area contributed by atoms with Crippen LogP contribution in [0.5, 0.6) is 0 Å². The normalized spacial score (nSPS) is 18.2. The van der Waals surface area contributed by atoms with Gasteiger partial charge in [-0.25, -0.2) is 14.8 Å². The fourth-order valence-electron chi connectivity index (χ4n) is 3.62. The van der Waals surface area contributed by atoms with Crippen molar-refractivity contribution >= 4 is 45.1 Å². The van der Waals surface area contributed by atoms with E-state index < -0.39 is 35.6 Å². The number of amides is 1. The number of nitrogens with zero attached hydrogens (tertiary/aromatic N) is 4. The van der Waals surface area contributed by atoms with E-state index in [1.54, 1.807) is 6.20 Å². The first-order chi connectivity index (χ1) is 17.2. The van der Waals surface area contributed by atoms with E-state index >= 15 is 0 Å². The second-order valence-electron chi connectivity index (χ2n) is 8.04. The second-order valence-corrected chi connectivity index (χ2v) is 8.90. The quantitative estimate of drug-likeness (QED) is 0.354. The van der Waals surface area contributed by atoms with Crippen LogP contribution < -0.4 is 16.4 Å². The summed E-state index contributed by atoms with van der Waals surface area (Å²) in [4.78, 5) is 30.9. The molecule has 10 nitrogen and oxygen atoms in total. The molecule has 1 fully saturated rings. The number of rotatable bonds is 4. The zero-order valence-corrected chi connectivity index (χ0v) is 19.8. The van der Waals surface area contributed by atoms with Gasteiger partial charge < -0.3 is 21.5 Å². The number of alkyl halides is 6. The van der Waals surface area contributed by atoms with Gasteiger partial charge in [0.25, 0.3) is 5.91 Å². The van der Waals surface area contributed by atoms with Crippen LogP contribution in [0, 0.1) is 0 Å². The number of carboxylic acids is 1. The van der Waals surface area contributed by atoms with Gasteiger partial charge in [-0.15, -0.1) is 11.3 Å². The van der Waals surface area contributed by atoms with Crippen molar-refractivity contribution in [3.63, 3.8) is 0 Å². The number of nitrogens with one attached hydrogen (secondary N) is 2. The lowest BCUT2D eigenvalue weighted by Crippen LogP contribution is -2.42. The molecule has 3 heterocycles. The number of aromatic nitrogens is 4. The van der Waals surface area contributed by atoms with Crippen LogP contribution in [-0.4, -0.2) is 55.0 Å². The number of nitrogens with two attached hydrogens (primary N) is 1. The van der Waals surface area contributed by atoms with E-state index in [0.717, 1.165) is 38.9 Å².